The molecule has 0 radical (unpaired) electrons. The van der Waals surface area contributed by atoms with Crippen LogP contribution in [0.1, 0.15) is 39.5 Å². The fraction of sp³-hybridized carbons (Fsp3) is 0.875. The van der Waals surface area contributed by atoms with Crippen LogP contribution in [0.5, 0.6) is 0 Å². The van der Waals surface area contributed by atoms with Gasteiger partial charge in [0.05, 0.1) is 17.6 Å². The van der Waals surface area contributed by atoms with Gasteiger partial charge in [-0.25, -0.2) is 4.79 Å². The van der Waals surface area contributed by atoms with Crippen LogP contribution in [0.25, 0.3) is 0 Å². The van der Waals surface area contributed by atoms with Crippen LogP contribution >= 0.6 is 0 Å². The van der Waals surface area contributed by atoms with Crippen molar-refractivity contribution in [3.63, 3.8) is 0 Å². The highest BCUT2D eigenvalue weighted by Gasteiger charge is 2.41. The normalized spacial score (nSPS) is 28.4. The average molecular weight is 327 g/mol. The first kappa shape index (κ1) is 18.0. The topological polar surface area (TPSA) is 96.1 Å². The quantitative estimate of drug-likeness (QED) is 0.786. The molecule has 2 heterocycles. The molecule has 7 heteroatoms. The van der Waals surface area contributed by atoms with Crippen LogP contribution in [0.3, 0.4) is 0 Å². The van der Waals surface area contributed by atoms with Gasteiger partial charge in [0, 0.05) is 26.2 Å². The van der Waals surface area contributed by atoms with Crippen molar-refractivity contribution >= 4 is 12.0 Å². The van der Waals surface area contributed by atoms with Crippen LogP contribution in [0, 0.1) is 5.41 Å². The van der Waals surface area contributed by atoms with Crippen LogP contribution in [0.15, 0.2) is 0 Å². The summed E-state index contributed by atoms with van der Waals surface area (Å²) in [6.07, 6.45) is 2.44. The summed E-state index contributed by atoms with van der Waals surface area (Å²) < 4.78 is 5.00. The number of hydrogen-bond acceptors (Lipinski definition) is 5. The predicted octanol–water partition coefficient (Wildman–Crippen LogP) is 0.557. The molecule has 0 unspecified atom stereocenters. The minimum absolute atomic E-state index is 0.272. The monoisotopic (exact) mass is 327 g/mol. The van der Waals surface area contributed by atoms with E-state index in [0.717, 1.165) is 19.4 Å². The molecule has 7 nitrogen and oxygen atoms in total. The summed E-state index contributed by atoms with van der Waals surface area (Å²) >= 11 is 0. The maximum absolute atomic E-state index is 11.7. The van der Waals surface area contributed by atoms with Crippen molar-refractivity contribution in [2.75, 3.05) is 39.3 Å². The zero-order chi connectivity index (χ0) is 17.1. The van der Waals surface area contributed by atoms with E-state index in [1.165, 1.54) is 0 Å². The summed E-state index contributed by atoms with van der Waals surface area (Å²) in [5.74, 6) is -0.272. The molecule has 23 heavy (non-hydrogen) atoms. The predicted molar refractivity (Wildman–Crippen MR) is 85.8 cm³/mol. The van der Waals surface area contributed by atoms with Gasteiger partial charge >= 0.3 is 6.09 Å². The van der Waals surface area contributed by atoms with E-state index < -0.39 is 11.0 Å². The van der Waals surface area contributed by atoms with Gasteiger partial charge in [0.2, 0.25) is 5.91 Å². The molecule has 0 aromatic rings. The van der Waals surface area contributed by atoms with Crippen LogP contribution in [0.2, 0.25) is 0 Å². The molecule has 132 valence electrons. The molecule has 0 aromatic carbocycles. The van der Waals surface area contributed by atoms with Gasteiger partial charge in [-0.05, 0) is 46.1 Å². The Kier molecular flexibility index (Phi) is 5.52. The molecule has 0 aromatic heterocycles. The van der Waals surface area contributed by atoms with Gasteiger partial charge in [0.25, 0.3) is 0 Å². The van der Waals surface area contributed by atoms with Crippen molar-refractivity contribution in [3.8, 4) is 0 Å². The number of aliphatic hydroxyl groups is 1. The number of piperidine rings is 2. The van der Waals surface area contributed by atoms with Crippen molar-refractivity contribution in [1.29, 1.82) is 0 Å². The Morgan fingerprint density at radius 2 is 1.87 bits per heavy atom. The van der Waals surface area contributed by atoms with E-state index in [9.17, 15) is 14.7 Å². The highest BCUT2D eigenvalue weighted by atomic mass is 16.6. The van der Waals surface area contributed by atoms with E-state index in [0.29, 0.717) is 45.6 Å². The number of amides is 2. The molecule has 2 aliphatic heterocycles. The number of carbonyl (C=O) groups is 2. The van der Waals surface area contributed by atoms with Gasteiger partial charge in [-0.15, -0.1) is 0 Å². The Morgan fingerprint density at radius 3 is 2.43 bits per heavy atom. The first-order chi connectivity index (χ1) is 10.8. The minimum Gasteiger partial charge on any atom is -0.450 e. The van der Waals surface area contributed by atoms with Crippen molar-refractivity contribution in [2.45, 2.75) is 45.1 Å². The Morgan fingerprint density at radius 1 is 1.22 bits per heavy atom. The molecule has 2 rings (SSSR count). The van der Waals surface area contributed by atoms with Gasteiger partial charge in [-0.1, -0.05) is 0 Å². The van der Waals surface area contributed by atoms with Crippen molar-refractivity contribution in [3.05, 3.63) is 0 Å². The number of β-amino-alcohol motifs (C(OH)–C–C–N with tert-alkyl or cyclic N) is 1. The lowest BCUT2D eigenvalue weighted by molar-refractivity contribution is -0.131. The average Bonchev–Trinajstić information content (AvgIpc) is 2.47. The number of ether oxygens (including phenoxy) is 1. The Labute approximate surface area is 137 Å². The van der Waals surface area contributed by atoms with Crippen molar-refractivity contribution in [2.24, 2.45) is 11.1 Å². The smallest absolute Gasteiger partial charge is 0.409 e. The third kappa shape index (κ3) is 4.35. The van der Waals surface area contributed by atoms with Crippen molar-refractivity contribution in [1.82, 2.24) is 9.80 Å². The van der Waals surface area contributed by atoms with E-state index in [-0.39, 0.29) is 12.0 Å². The number of nitrogens with zero attached hydrogens (tertiary/aromatic N) is 2. The number of carbonyl (C=O) groups excluding carboxylic acids is 2. The van der Waals surface area contributed by atoms with Gasteiger partial charge in [-0.3, -0.25) is 9.69 Å². The molecular formula is C16H29N3O4. The van der Waals surface area contributed by atoms with Gasteiger partial charge in [-0.2, -0.15) is 0 Å². The lowest BCUT2D eigenvalue weighted by atomic mass is 9.80. The summed E-state index contributed by atoms with van der Waals surface area (Å²) in [4.78, 5) is 27.1. The fourth-order valence-corrected chi connectivity index (χ4v) is 3.58. The first-order valence-electron chi connectivity index (χ1n) is 8.44. The van der Waals surface area contributed by atoms with Crippen LogP contribution in [-0.4, -0.2) is 71.8 Å². The van der Waals surface area contributed by atoms with Crippen LogP contribution < -0.4 is 5.73 Å². The second-order valence-corrected chi connectivity index (χ2v) is 7.15. The molecule has 2 amide bonds. The molecule has 0 saturated carbocycles. The number of nitrogens with two attached hydrogens (primary N) is 1. The number of rotatable bonds is 4. The van der Waals surface area contributed by atoms with E-state index in [1.54, 1.807) is 11.8 Å². The van der Waals surface area contributed by atoms with Crippen molar-refractivity contribution < 1.29 is 19.4 Å². The second-order valence-electron chi connectivity index (χ2n) is 7.15. The maximum atomic E-state index is 11.7. The molecule has 0 aliphatic carbocycles. The van der Waals surface area contributed by atoms with E-state index in [4.69, 9.17) is 10.5 Å². The fourth-order valence-electron chi connectivity index (χ4n) is 3.58. The summed E-state index contributed by atoms with van der Waals surface area (Å²) in [5.41, 5.74) is 4.19. The van der Waals surface area contributed by atoms with Crippen LogP contribution in [-0.2, 0) is 9.53 Å². The molecule has 3 N–H and O–H groups in total. The lowest BCUT2D eigenvalue weighted by Crippen LogP contribution is -2.56. The first-order valence-corrected chi connectivity index (χ1v) is 8.44. The minimum atomic E-state index is -0.821. The molecular weight excluding hydrogens is 298 g/mol. The largest absolute Gasteiger partial charge is 0.450 e. The highest BCUT2D eigenvalue weighted by Crippen LogP contribution is 2.31. The zero-order valence-electron chi connectivity index (χ0n) is 14.2. The zero-order valence-corrected chi connectivity index (χ0v) is 14.2. The van der Waals surface area contributed by atoms with Gasteiger partial charge in [0.15, 0.2) is 0 Å². The molecule has 1 atom stereocenters. The standard InChI is InChI=1S/C16H29N3O4/c1-3-23-14(21)19-9-6-16(22,7-10-19)12-18-8-4-5-15(2,11-18)13(17)20/h22H,3-12H2,1-2H3,(H2,17,20)/t15-/m0/s1. The SMILES string of the molecule is CCOC(=O)N1CCC(O)(CN2CCC[C@](C)(C(N)=O)C2)CC1. The summed E-state index contributed by atoms with van der Waals surface area (Å²) in [7, 11) is 0. The Bertz CT molecular complexity index is 449. The Hall–Kier alpha value is -1.34. The lowest BCUT2D eigenvalue weighted by Gasteiger charge is -2.44. The molecule has 2 fully saturated rings. The summed E-state index contributed by atoms with van der Waals surface area (Å²) in [6.45, 7) is 7.01. The molecule has 0 bridgehead atoms. The molecule has 2 aliphatic rings. The molecule has 0 spiro atoms. The Balaban J connectivity index is 1.88. The highest BCUT2D eigenvalue weighted by molar-refractivity contribution is 5.80. The third-order valence-electron chi connectivity index (χ3n) is 5.11. The van der Waals surface area contributed by atoms with Crippen LogP contribution in [0.4, 0.5) is 4.79 Å². The number of hydrogen-bond donors (Lipinski definition) is 2. The summed E-state index contributed by atoms with van der Waals surface area (Å²) in [6, 6.07) is 0. The third-order valence-corrected chi connectivity index (χ3v) is 5.11. The summed E-state index contributed by atoms with van der Waals surface area (Å²) in [5, 5.41) is 10.8. The molecule has 2 saturated heterocycles. The number of primary amides is 1. The second kappa shape index (κ2) is 7.05. The van der Waals surface area contributed by atoms with E-state index >= 15 is 0 Å². The van der Waals surface area contributed by atoms with Gasteiger partial charge < -0.3 is 20.5 Å². The van der Waals surface area contributed by atoms with Gasteiger partial charge in [0.1, 0.15) is 0 Å². The maximum Gasteiger partial charge on any atom is 0.409 e. The van der Waals surface area contributed by atoms with E-state index in [2.05, 4.69) is 4.90 Å². The number of likely N-dealkylation sites (tertiary alicyclic amines) is 2. The van der Waals surface area contributed by atoms with E-state index in [1.807, 2.05) is 6.92 Å².